The van der Waals surface area contributed by atoms with Gasteiger partial charge in [0.05, 0.1) is 18.3 Å². The quantitative estimate of drug-likeness (QED) is 0.574. The molecule has 3 rings (SSSR count). The molecule has 3 aromatic rings. The molecule has 0 aliphatic carbocycles. The molecule has 130 valence electrons. The van der Waals surface area contributed by atoms with Crippen LogP contribution < -0.4 is 10.6 Å². The number of halogens is 1. The van der Waals surface area contributed by atoms with Crippen LogP contribution >= 0.6 is 0 Å². The Morgan fingerprint density at radius 3 is 2.88 bits per heavy atom. The van der Waals surface area contributed by atoms with Crippen molar-refractivity contribution in [3.05, 3.63) is 65.6 Å². The number of para-hydroxylation sites is 1. The van der Waals surface area contributed by atoms with Gasteiger partial charge in [0.1, 0.15) is 5.82 Å². The predicted molar refractivity (Wildman–Crippen MR) is 96.2 cm³/mol. The van der Waals surface area contributed by atoms with Gasteiger partial charge >= 0.3 is 6.03 Å². The second-order valence-corrected chi connectivity index (χ2v) is 6.02. The van der Waals surface area contributed by atoms with Crippen LogP contribution in [0.25, 0.3) is 10.9 Å². The molecular weight excluding hydrogens is 321 g/mol. The number of benzene rings is 2. The number of carbonyl (C=O) groups is 1. The summed E-state index contributed by atoms with van der Waals surface area (Å²) in [5.41, 5.74) is 2.95. The molecule has 1 heterocycles. The number of aromatic nitrogens is 1. The average Bonchev–Trinajstić information content (AvgIpc) is 3.00. The van der Waals surface area contributed by atoms with Crippen molar-refractivity contribution in [1.82, 2.24) is 10.3 Å². The highest BCUT2D eigenvalue weighted by Gasteiger charge is 2.15. The number of rotatable bonds is 5. The van der Waals surface area contributed by atoms with Crippen LogP contribution in [0, 0.1) is 12.7 Å². The van der Waals surface area contributed by atoms with Gasteiger partial charge in [-0.3, -0.25) is 0 Å². The van der Waals surface area contributed by atoms with Gasteiger partial charge in [0.25, 0.3) is 0 Å². The number of hydrogen-bond acceptors (Lipinski definition) is 2. The number of anilines is 1. The van der Waals surface area contributed by atoms with Crippen molar-refractivity contribution in [1.29, 1.82) is 0 Å². The van der Waals surface area contributed by atoms with Crippen molar-refractivity contribution in [3.8, 4) is 0 Å². The molecule has 6 heteroatoms. The zero-order chi connectivity index (χ0) is 17.8. The van der Waals surface area contributed by atoms with Gasteiger partial charge in [-0.2, -0.15) is 0 Å². The van der Waals surface area contributed by atoms with Gasteiger partial charge in [0.2, 0.25) is 0 Å². The lowest BCUT2D eigenvalue weighted by Crippen LogP contribution is -2.41. The van der Waals surface area contributed by atoms with Crippen LogP contribution in [-0.4, -0.2) is 28.8 Å². The maximum absolute atomic E-state index is 13.7. The number of fused-ring (bicyclic) bond motifs is 1. The van der Waals surface area contributed by atoms with E-state index < -0.39 is 17.9 Å². The molecule has 0 bridgehead atoms. The molecule has 0 saturated carbocycles. The highest BCUT2D eigenvalue weighted by atomic mass is 19.1. The number of H-pyrrole nitrogens is 1. The predicted octanol–water partition coefficient (Wildman–Crippen LogP) is 3.34. The number of aliphatic hydroxyl groups excluding tert-OH is 1. The van der Waals surface area contributed by atoms with Crippen molar-refractivity contribution < 1.29 is 14.3 Å². The second-order valence-electron chi connectivity index (χ2n) is 6.02. The van der Waals surface area contributed by atoms with Gasteiger partial charge in [-0.25, -0.2) is 9.18 Å². The minimum atomic E-state index is -0.552. The molecule has 25 heavy (non-hydrogen) atoms. The summed E-state index contributed by atoms with van der Waals surface area (Å²) in [7, 11) is 0. The van der Waals surface area contributed by atoms with Gasteiger partial charge < -0.3 is 20.7 Å². The van der Waals surface area contributed by atoms with Crippen LogP contribution in [0.2, 0.25) is 0 Å². The fraction of sp³-hybridized carbons (Fsp3) is 0.211. The van der Waals surface area contributed by atoms with Gasteiger partial charge in [-0.05, 0) is 42.7 Å². The number of aryl methyl sites for hydroxylation is 1. The second kappa shape index (κ2) is 7.36. The fourth-order valence-electron chi connectivity index (χ4n) is 2.81. The fourth-order valence-corrected chi connectivity index (χ4v) is 2.81. The Kier molecular flexibility index (Phi) is 5.00. The summed E-state index contributed by atoms with van der Waals surface area (Å²) >= 11 is 0. The number of aromatic amines is 1. The molecule has 0 aliphatic heterocycles. The first-order chi connectivity index (χ1) is 12.1. The molecular formula is C19H20FN3O2. The smallest absolute Gasteiger partial charge is 0.319 e. The standard InChI is InChI=1S/C19H20FN3O2/c1-12-6-7-16(20)18(8-12)23-19(25)22-14(11-24)9-13-10-21-17-5-3-2-4-15(13)17/h2-8,10,14,21,24H,9,11H2,1H3,(H2,22,23,25)/t14-/m1/s1. The van der Waals surface area contributed by atoms with E-state index in [2.05, 4.69) is 15.6 Å². The first-order valence-electron chi connectivity index (χ1n) is 8.06. The number of carbonyl (C=O) groups excluding carboxylic acids is 1. The summed E-state index contributed by atoms with van der Waals surface area (Å²) < 4.78 is 13.7. The Hall–Kier alpha value is -2.86. The summed E-state index contributed by atoms with van der Waals surface area (Å²) in [6.07, 6.45) is 2.33. The number of hydrogen-bond donors (Lipinski definition) is 4. The van der Waals surface area contributed by atoms with E-state index in [4.69, 9.17) is 0 Å². The lowest BCUT2D eigenvalue weighted by molar-refractivity contribution is 0.224. The topological polar surface area (TPSA) is 77.2 Å². The van der Waals surface area contributed by atoms with Gasteiger partial charge in [0, 0.05) is 17.1 Å². The van der Waals surface area contributed by atoms with Crippen LogP contribution in [0.3, 0.4) is 0 Å². The zero-order valence-corrected chi connectivity index (χ0v) is 13.8. The zero-order valence-electron chi connectivity index (χ0n) is 13.8. The third-order valence-corrected chi connectivity index (χ3v) is 4.07. The summed E-state index contributed by atoms with van der Waals surface area (Å²) in [5, 5.41) is 15.8. The minimum absolute atomic E-state index is 0.112. The molecule has 0 saturated heterocycles. The van der Waals surface area contributed by atoms with Gasteiger partial charge in [-0.1, -0.05) is 24.3 Å². The van der Waals surface area contributed by atoms with Crippen LogP contribution in [-0.2, 0) is 6.42 Å². The summed E-state index contributed by atoms with van der Waals surface area (Å²) in [6.45, 7) is 1.60. The van der Waals surface area contributed by atoms with E-state index in [-0.39, 0.29) is 12.3 Å². The molecule has 1 aromatic heterocycles. The highest BCUT2D eigenvalue weighted by Crippen LogP contribution is 2.19. The van der Waals surface area contributed by atoms with E-state index in [0.29, 0.717) is 6.42 Å². The molecule has 0 unspecified atom stereocenters. The van der Waals surface area contributed by atoms with Crippen LogP contribution in [0.15, 0.2) is 48.7 Å². The number of urea groups is 1. The molecule has 0 aliphatic rings. The molecule has 2 amide bonds. The van der Waals surface area contributed by atoms with Crippen molar-refractivity contribution in [3.63, 3.8) is 0 Å². The first-order valence-corrected chi connectivity index (χ1v) is 8.06. The lowest BCUT2D eigenvalue weighted by atomic mass is 10.1. The molecule has 1 atom stereocenters. The normalized spacial score (nSPS) is 12.1. The maximum atomic E-state index is 13.7. The third-order valence-electron chi connectivity index (χ3n) is 4.07. The van der Waals surface area contributed by atoms with Gasteiger partial charge in [-0.15, -0.1) is 0 Å². The van der Waals surface area contributed by atoms with E-state index in [0.717, 1.165) is 22.0 Å². The van der Waals surface area contributed by atoms with Crippen molar-refractivity contribution in [2.45, 2.75) is 19.4 Å². The van der Waals surface area contributed by atoms with Crippen molar-refractivity contribution >= 4 is 22.6 Å². The molecule has 0 radical (unpaired) electrons. The minimum Gasteiger partial charge on any atom is -0.394 e. The maximum Gasteiger partial charge on any atom is 0.319 e. The molecule has 0 fully saturated rings. The Labute approximate surface area is 144 Å². The van der Waals surface area contributed by atoms with E-state index >= 15 is 0 Å². The summed E-state index contributed by atoms with van der Waals surface area (Å²) in [6, 6.07) is 11.3. The third kappa shape index (κ3) is 3.97. The Morgan fingerprint density at radius 2 is 2.08 bits per heavy atom. The molecule has 4 N–H and O–H groups in total. The monoisotopic (exact) mass is 341 g/mol. The largest absolute Gasteiger partial charge is 0.394 e. The van der Waals surface area contributed by atoms with E-state index in [9.17, 15) is 14.3 Å². The van der Waals surface area contributed by atoms with Crippen molar-refractivity contribution in [2.24, 2.45) is 0 Å². The van der Waals surface area contributed by atoms with Crippen LogP contribution in [0.4, 0.5) is 14.9 Å². The number of aliphatic hydroxyl groups is 1. The average molecular weight is 341 g/mol. The summed E-state index contributed by atoms with van der Waals surface area (Å²) in [5.74, 6) is -0.502. The van der Waals surface area contributed by atoms with Crippen molar-refractivity contribution in [2.75, 3.05) is 11.9 Å². The summed E-state index contributed by atoms with van der Waals surface area (Å²) in [4.78, 5) is 15.3. The molecule has 5 nitrogen and oxygen atoms in total. The lowest BCUT2D eigenvalue weighted by Gasteiger charge is -2.17. The molecule has 2 aromatic carbocycles. The molecule has 0 spiro atoms. The SMILES string of the molecule is Cc1ccc(F)c(NC(=O)N[C@@H](CO)Cc2c[nH]c3ccccc23)c1. The Morgan fingerprint density at radius 1 is 1.28 bits per heavy atom. The Bertz CT molecular complexity index is 891. The first kappa shape index (κ1) is 17.0. The highest BCUT2D eigenvalue weighted by molar-refractivity contribution is 5.90. The van der Waals surface area contributed by atoms with Crippen LogP contribution in [0.1, 0.15) is 11.1 Å². The number of amides is 2. The van der Waals surface area contributed by atoms with E-state index in [1.54, 1.807) is 12.1 Å². The van der Waals surface area contributed by atoms with Gasteiger partial charge in [0.15, 0.2) is 0 Å². The number of nitrogens with one attached hydrogen (secondary N) is 3. The van der Waals surface area contributed by atoms with E-state index in [1.807, 2.05) is 37.4 Å². The Balaban J connectivity index is 1.67. The van der Waals surface area contributed by atoms with Crippen LogP contribution in [0.5, 0.6) is 0 Å². The van der Waals surface area contributed by atoms with E-state index in [1.165, 1.54) is 6.07 Å².